The van der Waals surface area contributed by atoms with Crippen LogP contribution in [0.2, 0.25) is 0 Å². The van der Waals surface area contributed by atoms with Crippen LogP contribution in [0.1, 0.15) is 206 Å². The van der Waals surface area contributed by atoms with Gasteiger partial charge in [-0.2, -0.15) is 0 Å². The van der Waals surface area contributed by atoms with Crippen LogP contribution >= 0.6 is 0 Å². The molecule has 0 spiro atoms. The molecule has 0 saturated carbocycles. The van der Waals surface area contributed by atoms with E-state index in [1.165, 1.54) is 217 Å². The minimum Gasteiger partial charge on any atom is -0.376 e. The first-order valence-electron chi connectivity index (χ1n) is 21.0. The van der Waals surface area contributed by atoms with Crippen molar-refractivity contribution in [1.82, 2.24) is 0 Å². The Morgan fingerprint density at radius 2 is 0.511 bits per heavy atom. The van der Waals surface area contributed by atoms with E-state index in [0.29, 0.717) is 0 Å². The lowest BCUT2D eigenvalue weighted by Gasteiger charge is -2.30. The summed E-state index contributed by atoms with van der Waals surface area (Å²) in [6, 6.07) is 0. The van der Waals surface area contributed by atoms with E-state index in [9.17, 15) is 0 Å². The summed E-state index contributed by atoms with van der Waals surface area (Å²) in [5.41, 5.74) is 0. The quantitative estimate of drug-likeness (QED) is 0.0483. The third-order valence-corrected chi connectivity index (χ3v) is 10.4. The molecule has 0 aromatic rings. The molecule has 0 aliphatic carbocycles. The number of likely N-dealkylation sites (N-methyl/N-ethyl adjacent to an activating group) is 1. The fraction of sp³-hybridized carbons (Fsp3) is 1.00. The maximum absolute atomic E-state index is 6.01. The molecule has 0 amide bonds. The van der Waals surface area contributed by atoms with E-state index in [0.717, 1.165) is 24.2 Å². The molecule has 45 heavy (non-hydrogen) atoms. The molecule has 0 aliphatic heterocycles. The molecule has 0 aromatic carbocycles. The zero-order valence-electron chi connectivity index (χ0n) is 32.8. The van der Waals surface area contributed by atoms with Crippen LogP contribution < -0.4 is 0 Å². The molecule has 0 aromatic heterocycles. The van der Waals surface area contributed by atoms with Crippen molar-refractivity contribution in [3.63, 3.8) is 0 Å². The van der Waals surface area contributed by atoms with E-state index in [2.05, 4.69) is 42.0 Å². The van der Waals surface area contributed by atoms with Gasteiger partial charge in [-0.15, -0.1) is 0 Å². The molecule has 0 fully saturated rings. The second kappa shape index (κ2) is 33.8. The minimum atomic E-state index is 0.931. The molecule has 0 saturated heterocycles. The Hall–Kier alpha value is -0.120. The van der Waals surface area contributed by atoms with Gasteiger partial charge in [0.25, 0.3) is 0 Å². The van der Waals surface area contributed by atoms with Gasteiger partial charge < -0.3 is 13.7 Å². The van der Waals surface area contributed by atoms with Crippen molar-refractivity contribution in [1.29, 1.82) is 0 Å². The highest BCUT2D eigenvalue weighted by molar-refractivity contribution is 4.51. The van der Waals surface area contributed by atoms with Gasteiger partial charge in [-0.1, -0.05) is 162 Å². The van der Waals surface area contributed by atoms with Crippen LogP contribution in [-0.4, -0.2) is 76.5 Å². The number of quaternary nitrogens is 2. The highest BCUT2D eigenvalue weighted by Crippen LogP contribution is 2.15. The van der Waals surface area contributed by atoms with Gasteiger partial charge in [0.2, 0.25) is 0 Å². The Balaban J connectivity index is 3.38. The normalized spacial score (nSPS) is 12.4. The molecule has 0 atom stereocenters. The lowest BCUT2D eigenvalue weighted by Crippen LogP contribution is -2.43. The van der Waals surface area contributed by atoms with E-state index in [-0.39, 0.29) is 0 Å². The highest BCUT2D eigenvalue weighted by atomic mass is 16.5. The lowest BCUT2D eigenvalue weighted by molar-refractivity contribution is -0.891. The smallest absolute Gasteiger partial charge is 0.102 e. The van der Waals surface area contributed by atoms with Gasteiger partial charge in [0.05, 0.1) is 54.4 Å². The highest BCUT2D eigenvalue weighted by Gasteiger charge is 2.14. The summed E-state index contributed by atoms with van der Waals surface area (Å²) < 4.78 is 8.37. The molecule has 0 unspecified atom stereocenters. The van der Waals surface area contributed by atoms with Crippen molar-refractivity contribution in [2.24, 2.45) is 0 Å². The van der Waals surface area contributed by atoms with Crippen LogP contribution in [0.25, 0.3) is 0 Å². The van der Waals surface area contributed by atoms with E-state index in [1.54, 1.807) is 0 Å². The summed E-state index contributed by atoms with van der Waals surface area (Å²) in [5, 5.41) is 0. The average molecular weight is 639 g/mol. The van der Waals surface area contributed by atoms with E-state index < -0.39 is 0 Å². The number of unbranched alkanes of at least 4 members (excludes halogenated alkanes) is 27. The monoisotopic (exact) mass is 639 g/mol. The summed E-state index contributed by atoms with van der Waals surface area (Å²) in [6.07, 6.45) is 42.7. The molecule has 0 heterocycles. The molecule has 0 aliphatic rings. The van der Waals surface area contributed by atoms with Crippen LogP contribution in [0, 0.1) is 0 Å². The Labute approximate surface area is 287 Å². The predicted octanol–water partition coefficient (Wildman–Crippen LogP) is 12.9. The van der Waals surface area contributed by atoms with Crippen LogP contribution in [-0.2, 0) is 4.74 Å². The van der Waals surface area contributed by atoms with Crippen LogP contribution in [0.3, 0.4) is 0 Å². The third-order valence-electron chi connectivity index (χ3n) is 10.4. The van der Waals surface area contributed by atoms with Crippen LogP contribution in [0.5, 0.6) is 0 Å². The molecule has 3 heteroatoms. The maximum atomic E-state index is 6.01. The van der Waals surface area contributed by atoms with Crippen LogP contribution in [0.15, 0.2) is 0 Å². The lowest BCUT2D eigenvalue weighted by atomic mass is 10.1. The maximum Gasteiger partial charge on any atom is 0.102 e. The Morgan fingerprint density at radius 1 is 0.267 bits per heavy atom. The largest absolute Gasteiger partial charge is 0.376 e. The Morgan fingerprint density at radius 3 is 0.822 bits per heavy atom. The van der Waals surface area contributed by atoms with Gasteiger partial charge in [-0.25, -0.2) is 0 Å². The van der Waals surface area contributed by atoms with Gasteiger partial charge in [-0.05, 0) is 44.9 Å². The van der Waals surface area contributed by atoms with E-state index in [1.807, 2.05) is 0 Å². The predicted molar refractivity (Wildman–Crippen MR) is 204 cm³/mol. The Kier molecular flexibility index (Phi) is 33.7. The molecule has 0 N–H and O–H groups in total. The first-order chi connectivity index (χ1) is 21.8. The molecule has 0 bridgehead atoms. The molecular formula is C42H90N2O+2. The zero-order valence-corrected chi connectivity index (χ0v) is 32.8. The van der Waals surface area contributed by atoms with Gasteiger partial charge in [0, 0.05) is 6.61 Å². The summed E-state index contributed by atoms with van der Waals surface area (Å²) in [6.45, 7) is 11.7. The third kappa shape index (κ3) is 36.6. The van der Waals surface area contributed by atoms with Crippen molar-refractivity contribution in [3.8, 4) is 0 Å². The minimum absolute atomic E-state index is 0.931. The summed E-state index contributed by atoms with van der Waals surface area (Å²) in [5.74, 6) is 0. The van der Waals surface area contributed by atoms with Gasteiger partial charge in [-0.3, -0.25) is 0 Å². The van der Waals surface area contributed by atoms with Crippen molar-refractivity contribution >= 4 is 0 Å². The number of nitrogens with zero attached hydrogens (tertiary/aromatic N) is 2. The van der Waals surface area contributed by atoms with E-state index >= 15 is 0 Å². The van der Waals surface area contributed by atoms with Gasteiger partial charge >= 0.3 is 0 Å². The van der Waals surface area contributed by atoms with E-state index in [4.69, 9.17) is 4.74 Å². The number of rotatable bonds is 38. The molecule has 272 valence electrons. The molecular weight excluding hydrogens is 548 g/mol. The topological polar surface area (TPSA) is 9.23 Å². The molecule has 3 nitrogen and oxygen atoms in total. The van der Waals surface area contributed by atoms with Crippen molar-refractivity contribution in [2.75, 3.05) is 67.6 Å². The number of hydrogen-bond donors (Lipinski definition) is 0. The SMILES string of the molecule is CCCCCCCCCCCC[N+](C)(C)CCCCCCCCCCCCOCC[N+](C)(C)CCCCCCCCCCCC. The number of ether oxygens (including phenoxy) is 1. The van der Waals surface area contributed by atoms with Gasteiger partial charge in [0.15, 0.2) is 0 Å². The summed E-state index contributed by atoms with van der Waals surface area (Å²) >= 11 is 0. The zero-order chi connectivity index (χ0) is 33.2. The van der Waals surface area contributed by atoms with Crippen molar-refractivity contribution in [2.45, 2.75) is 206 Å². The average Bonchev–Trinajstić information content (AvgIpc) is 3.01. The fourth-order valence-electron chi connectivity index (χ4n) is 6.85. The van der Waals surface area contributed by atoms with Crippen molar-refractivity contribution in [3.05, 3.63) is 0 Å². The molecule has 0 rings (SSSR count). The fourth-order valence-corrected chi connectivity index (χ4v) is 6.85. The second-order valence-electron chi connectivity index (χ2n) is 16.3. The second-order valence-corrected chi connectivity index (χ2v) is 16.3. The first-order valence-corrected chi connectivity index (χ1v) is 21.0. The van der Waals surface area contributed by atoms with Crippen LogP contribution in [0.4, 0.5) is 0 Å². The first kappa shape index (κ1) is 44.9. The number of hydrogen-bond acceptors (Lipinski definition) is 1. The Bertz CT molecular complexity index is 513. The standard InChI is InChI=1S/C42H90N2O/c1-7-9-11-13-15-17-21-25-29-33-37-43(3,4)38-34-30-26-23-19-20-24-28-32-36-41-45-42-40-44(5,6)39-35-31-27-22-18-16-14-12-10-8-2/h7-42H2,1-6H3/q+2. The van der Waals surface area contributed by atoms with Gasteiger partial charge in [0.1, 0.15) is 6.54 Å². The summed E-state index contributed by atoms with van der Waals surface area (Å²) in [7, 11) is 9.69. The van der Waals surface area contributed by atoms with Crippen molar-refractivity contribution < 1.29 is 13.7 Å². The summed E-state index contributed by atoms with van der Waals surface area (Å²) in [4.78, 5) is 0. The molecule has 0 radical (unpaired) electrons.